The van der Waals surface area contributed by atoms with Gasteiger partial charge in [0.05, 0.1) is 22.5 Å². The zero-order valence-corrected chi connectivity index (χ0v) is 10.6. The molecule has 4 nitrogen and oxygen atoms in total. The molecule has 1 heterocycles. The van der Waals surface area contributed by atoms with Gasteiger partial charge in [-0.3, -0.25) is 4.79 Å². The van der Waals surface area contributed by atoms with Crippen LogP contribution < -0.4 is 0 Å². The van der Waals surface area contributed by atoms with Crippen LogP contribution in [-0.4, -0.2) is 26.8 Å². The first-order valence-electron chi connectivity index (χ1n) is 5.31. The maximum absolute atomic E-state index is 10.4. The fraction of sp³-hybridized carbons (Fsp3) is 0.333. The summed E-state index contributed by atoms with van der Waals surface area (Å²) in [5.74, 6) is 0.743. The highest BCUT2D eigenvalue weighted by Gasteiger charge is 2.06. The predicted octanol–water partition coefficient (Wildman–Crippen LogP) is 2.50. The number of benzene rings is 1. The summed E-state index contributed by atoms with van der Waals surface area (Å²) >= 11 is 1.35. The Morgan fingerprint density at radius 2 is 2.24 bits per heavy atom. The highest BCUT2D eigenvalue weighted by atomic mass is 32.2. The zero-order valence-electron chi connectivity index (χ0n) is 9.78. The first kappa shape index (κ1) is 12.0. The van der Waals surface area contributed by atoms with Crippen molar-refractivity contribution in [2.45, 2.75) is 19.6 Å². The summed E-state index contributed by atoms with van der Waals surface area (Å²) in [6.45, 7) is 4.08. The van der Waals surface area contributed by atoms with Crippen molar-refractivity contribution in [1.29, 1.82) is 0 Å². The molecule has 0 amide bonds. The van der Waals surface area contributed by atoms with Crippen molar-refractivity contribution in [3.63, 3.8) is 0 Å². The van der Waals surface area contributed by atoms with E-state index in [1.807, 2.05) is 13.8 Å². The molecule has 0 saturated carbocycles. The number of aromatic amines is 1. The van der Waals surface area contributed by atoms with Crippen LogP contribution in [0.4, 0.5) is 0 Å². The molecule has 0 aliphatic rings. The van der Waals surface area contributed by atoms with Crippen molar-refractivity contribution in [2.75, 3.05) is 5.75 Å². The van der Waals surface area contributed by atoms with Gasteiger partial charge < -0.3 is 10.1 Å². The van der Waals surface area contributed by atoms with Gasteiger partial charge in [-0.25, -0.2) is 4.98 Å². The van der Waals surface area contributed by atoms with Gasteiger partial charge >= 0.3 is 5.97 Å². The molecule has 0 fully saturated rings. The Bertz CT molecular complexity index is 563. The Kier molecular flexibility index (Phi) is 3.38. The fourth-order valence-electron chi connectivity index (χ4n) is 1.83. The standard InChI is InChI=1S/C12H14N2O2S/c1-7-3-8(2)12-9(4-7)13-10(14-12)5-17-6-11(15)16/h3-4H,5-6H2,1-2H3,(H,13,14)(H,15,16). The SMILES string of the molecule is Cc1cc(C)c2nc(CSCC(=O)O)[nH]c2c1. The average Bonchev–Trinajstić information content (AvgIpc) is 2.60. The van der Waals surface area contributed by atoms with Gasteiger partial charge in [-0.15, -0.1) is 11.8 Å². The third-order valence-corrected chi connectivity index (χ3v) is 3.36. The first-order valence-corrected chi connectivity index (χ1v) is 6.47. The molecular formula is C12H14N2O2S. The van der Waals surface area contributed by atoms with Crippen LogP contribution >= 0.6 is 11.8 Å². The minimum atomic E-state index is -0.793. The molecule has 0 saturated heterocycles. The predicted molar refractivity (Wildman–Crippen MR) is 69.4 cm³/mol. The molecule has 1 aromatic heterocycles. The Labute approximate surface area is 103 Å². The van der Waals surface area contributed by atoms with Gasteiger partial charge in [0.2, 0.25) is 0 Å². The van der Waals surface area contributed by atoms with Crippen molar-refractivity contribution in [1.82, 2.24) is 9.97 Å². The van der Waals surface area contributed by atoms with Gasteiger partial charge in [-0.05, 0) is 31.0 Å². The van der Waals surface area contributed by atoms with Crippen molar-refractivity contribution < 1.29 is 9.90 Å². The molecule has 0 unspecified atom stereocenters. The molecule has 0 aliphatic carbocycles. The molecule has 0 radical (unpaired) electrons. The Hall–Kier alpha value is -1.49. The molecule has 5 heteroatoms. The number of carboxylic acids is 1. The number of imidazole rings is 1. The number of carboxylic acid groups (broad SMARTS) is 1. The molecule has 17 heavy (non-hydrogen) atoms. The Balaban J connectivity index is 2.20. The summed E-state index contributed by atoms with van der Waals surface area (Å²) in [6, 6.07) is 4.15. The third-order valence-electron chi connectivity index (χ3n) is 2.43. The van der Waals surface area contributed by atoms with E-state index in [-0.39, 0.29) is 5.75 Å². The van der Waals surface area contributed by atoms with Gasteiger partial charge in [0, 0.05) is 0 Å². The summed E-state index contributed by atoms with van der Waals surface area (Å²) in [4.78, 5) is 18.1. The number of nitrogens with zero attached hydrogens (tertiary/aromatic N) is 1. The summed E-state index contributed by atoms with van der Waals surface area (Å²) in [5.41, 5.74) is 4.34. The second-order valence-electron chi connectivity index (χ2n) is 4.05. The van der Waals surface area contributed by atoms with Gasteiger partial charge in [0.25, 0.3) is 0 Å². The average molecular weight is 250 g/mol. The van der Waals surface area contributed by atoms with E-state index in [9.17, 15) is 4.79 Å². The van der Waals surface area contributed by atoms with Crippen molar-refractivity contribution in [2.24, 2.45) is 0 Å². The number of thioether (sulfide) groups is 1. The number of nitrogens with one attached hydrogen (secondary N) is 1. The highest BCUT2D eigenvalue weighted by Crippen LogP contribution is 2.20. The maximum Gasteiger partial charge on any atom is 0.313 e. The van der Waals surface area contributed by atoms with E-state index in [2.05, 4.69) is 22.1 Å². The minimum absolute atomic E-state index is 0.106. The second-order valence-corrected chi connectivity index (χ2v) is 5.03. The smallest absolute Gasteiger partial charge is 0.313 e. The number of hydrogen-bond donors (Lipinski definition) is 2. The van der Waals surface area contributed by atoms with E-state index in [4.69, 9.17) is 5.11 Å². The normalized spacial score (nSPS) is 10.9. The minimum Gasteiger partial charge on any atom is -0.481 e. The number of hydrogen-bond acceptors (Lipinski definition) is 3. The largest absolute Gasteiger partial charge is 0.481 e. The van der Waals surface area contributed by atoms with E-state index < -0.39 is 5.97 Å². The number of aliphatic carboxylic acids is 1. The van der Waals surface area contributed by atoms with Crippen LogP contribution in [-0.2, 0) is 10.5 Å². The number of carbonyl (C=O) groups is 1. The third kappa shape index (κ3) is 2.79. The van der Waals surface area contributed by atoms with Crippen LogP contribution in [0.2, 0.25) is 0 Å². The van der Waals surface area contributed by atoms with Gasteiger partial charge in [0.1, 0.15) is 5.82 Å². The fourth-order valence-corrected chi connectivity index (χ4v) is 2.43. The van der Waals surface area contributed by atoms with Crippen molar-refractivity contribution in [3.05, 3.63) is 29.1 Å². The number of fused-ring (bicyclic) bond motifs is 1. The summed E-state index contributed by atoms with van der Waals surface area (Å²) in [5, 5.41) is 8.56. The lowest BCUT2D eigenvalue weighted by Crippen LogP contribution is -1.98. The van der Waals surface area contributed by atoms with Crippen molar-refractivity contribution >= 4 is 28.8 Å². The number of H-pyrrole nitrogens is 1. The van der Waals surface area contributed by atoms with Gasteiger partial charge in [0.15, 0.2) is 0 Å². The molecule has 2 aromatic rings. The number of aryl methyl sites for hydroxylation is 2. The van der Waals surface area contributed by atoms with Crippen LogP contribution in [0, 0.1) is 13.8 Å². The van der Waals surface area contributed by atoms with Crippen molar-refractivity contribution in [3.8, 4) is 0 Å². The van der Waals surface area contributed by atoms with E-state index in [0.717, 1.165) is 22.4 Å². The monoisotopic (exact) mass is 250 g/mol. The molecule has 2 rings (SSSR count). The highest BCUT2D eigenvalue weighted by molar-refractivity contribution is 7.99. The van der Waals surface area contributed by atoms with Gasteiger partial charge in [-0.2, -0.15) is 0 Å². The second kappa shape index (κ2) is 4.79. The molecule has 0 aliphatic heterocycles. The molecule has 90 valence electrons. The summed E-state index contributed by atoms with van der Waals surface area (Å²) < 4.78 is 0. The lowest BCUT2D eigenvalue weighted by atomic mass is 10.1. The lowest BCUT2D eigenvalue weighted by molar-refractivity contribution is -0.133. The number of aromatic nitrogens is 2. The lowest BCUT2D eigenvalue weighted by Gasteiger charge is -1.96. The van der Waals surface area contributed by atoms with Crippen LogP contribution in [0.1, 0.15) is 17.0 Å². The topological polar surface area (TPSA) is 66.0 Å². The Morgan fingerprint density at radius 1 is 1.47 bits per heavy atom. The van der Waals surface area contributed by atoms with Crippen LogP contribution in [0.25, 0.3) is 11.0 Å². The zero-order chi connectivity index (χ0) is 12.4. The molecule has 0 spiro atoms. The molecule has 2 N–H and O–H groups in total. The van der Waals surface area contributed by atoms with Gasteiger partial charge in [-0.1, -0.05) is 6.07 Å². The first-order chi connectivity index (χ1) is 8.06. The van der Waals surface area contributed by atoms with E-state index >= 15 is 0 Å². The van der Waals surface area contributed by atoms with Crippen LogP contribution in [0.5, 0.6) is 0 Å². The molecule has 1 aromatic carbocycles. The quantitative estimate of drug-likeness (QED) is 0.875. The summed E-state index contributed by atoms with van der Waals surface area (Å²) in [7, 11) is 0. The molecule has 0 atom stereocenters. The maximum atomic E-state index is 10.4. The van der Waals surface area contributed by atoms with E-state index in [0.29, 0.717) is 5.75 Å². The van der Waals surface area contributed by atoms with E-state index in [1.165, 1.54) is 17.3 Å². The van der Waals surface area contributed by atoms with Crippen LogP contribution in [0.3, 0.4) is 0 Å². The Morgan fingerprint density at radius 3 is 2.94 bits per heavy atom. The molecule has 0 bridgehead atoms. The summed E-state index contributed by atoms with van der Waals surface area (Å²) in [6.07, 6.45) is 0. The van der Waals surface area contributed by atoms with E-state index in [1.54, 1.807) is 0 Å². The number of rotatable bonds is 4. The van der Waals surface area contributed by atoms with Crippen LogP contribution in [0.15, 0.2) is 12.1 Å². The molecular weight excluding hydrogens is 236 g/mol.